The van der Waals surface area contributed by atoms with Crippen molar-refractivity contribution in [2.75, 3.05) is 0 Å². The average Bonchev–Trinajstić information content (AvgIpc) is 2.45. The van der Waals surface area contributed by atoms with Gasteiger partial charge in [-0.1, -0.05) is 57.0 Å². The predicted molar refractivity (Wildman–Crippen MR) is 76.2 cm³/mol. The van der Waals surface area contributed by atoms with Crippen molar-refractivity contribution >= 4 is 5.91 Å². The second-order valence-electron chi connectivity index (χ2n) is 4.86. The number of carbonyl (C=O) groups excluding carboxylic acids is 1. The molecule has 0 bridgehead atoms. The van der Waals surface area contributed by atoms with Gasteiger partial charge in [-0.3, -0.25) is 4.79 Å². The Bertz CT molecular complexity index is 428. The van der Waals surface area contributed by atoms with Crippen LogP contribution in [-0.2, 0) is 11.3 Å². The van der Waals surface area contributed by atoms with Crippen LogP contribution in [0.2, 0.25) is 0 Å². The monoisotopic (exact) mass is 258 g/mol. The summed E-state index contributed by atoms with van der Waals surface area (Å²) in [6, 6.07) is 12.0. The highest BCUT2D eigenvalue weighted by atomic mass is 16.2. The molecule has 0 fully saturated rings. The minimum absolute atomic E-state index is 0.137. The van der Waals surface area contributed by atoms with Crippen LogP contribution >= 0.6 is 0 Å². The van der Waals surface area contributed by atoms with Gasteiger partial charge >= 0.3 is 0 Å². The molecule has 19 heavy (non-hydrogen) atoms. The fourth-order valence-electron chi connectivity index (χ4n) is 2.32. The first-order valence-corrected chi connectivity index (χ1v) is 6.92. The molecule has 0 radical (unpaired) electrons. The second kappa shape index (κ2) is 7.58. The molecule has 0 saturated carbocycles. The van der Waals surface area contributed by atoms with E-state index in [0.29, 0.717) is 19.4 Å². The molecule has 0 atom stereocenters. The van der Waals surface area contributed by atoms with Crippen molar-refractivity contribution < 1.29 is 4.79 Å². The number of nitrogens with zero attached hydrogens (tertiary/aromatic N) is 1. The van der Waals surface area contributed by atoms with Crippen molar-refractivity contribution in [3.8, 4) is 6.07 Å². The summed E-state index contributed by atoms with van der Waals surface area (Å²) in [6.07, 6.45) is 2.93. The first-order valence-electron chi connectivity index (χ1n) is 6.92. The largest absolute Gasteiger partial charge is 0.351 e. The van der Waals surface area contributed by atoms with E-state index in [2.05, 4.69) is 11.4 Å². The Labute approximate surface area is 115 Å². The molecule has 0 aliphatic rings. The minimum Gasteiger partial charge on any atom is -0.351 e. The summed E-state index contributed by atoms with van der Waals surface area (Å²) in [5.74, 6) is -0.137. The van der Waals surface area contributed by atoms with E-state index < -0.39 is 5.41 Å². The molecule has 0 heterocycles. The maximum atomic E-state index is 12.3. The van der Waals surface area contributed by atoms with Gasteiger partial charge in [-0.2, -0.15) is 5.26 Å². The number of rotatable bonds is 7. The van der Waals surface area contributed by atoms with Crippen molar-refractivity contribution in [3.05, 3.63) is 35.9 Å². The molecule has 1 aromatic carbocycles. The third-order valence-corrected chi connectivity index (χ3v) is 3.30. The molecule has 0 spiro atoms. The molecule has 3 nitrogen and oxygen atoms in total. The fraction of sp³-hybridized carbons (Fsp3) is 0.500. The van der Waals surface area contributed by atoms with Gasteiger partial charge in [0.05, 0.1) is 6.07 Å². The summed E-state index contributed by atoms with van der Waals surface area (Å²) in [5.41, 5.74) is 0.189. The van der Waals surface area contributed by atoms with Crippen LogP contribution in [-0.4, -0.2) is 5.91 Å². The normalized spacial score (nSPS) is 10.8. The predicted octanol–water partition coefficient (Wildman–Crippen LogP) is 3.41. The number of carbonyl (C=O) groups is 1. The Balaban J connectivity index is 2.70. The highest BCUT2D eigenvalue weighted by Crippen LogP contribution is 2.29. The number of hydrogen-bond donors (Lipinski definition) is 1. The van der Waals surface area contributed by atoms with Gasteiger partial charge in [0.25, 0.3) is 0 Å². The van der Waals surface area contributed by atoms with Gasteiger partial charge in [-0.05, 0) is 18.4 Å². The lowest BCUT2D eigenvalue weighted by Crippen LogP contribution is -2.39. The van der Waals surface area contributed by atoms with Gasteiger partial charge in [0.2, 0.25) is 5.91 Å². The number of nitriles is 1. The molecular formula is C16H22N2O. The van der Waals surface area contributed by atoms with Gasteiger partial charge in [-0.25, -0.2) is 0 Å². The van der Waals surface area contributed by atoms with Gasteiger partial charge in [0.1, 0.15) is 5.41 Å². The summed E-state index contributed by atoms with van der Waals surface area (Å²) >= 11 is 0. The molecule has 1 rings (SSSR count). The van der Waals surface area contributed by atoms with Gasteiger partial charge < -0.3 is 5.32 Å². The lowest BCUT2D eigenvalue weighted by Gasteiger charge is -2.24. The van der Waals surface area contributed by atoms with Crippen molar-refractivity contribution in [3.63, 3.8) is 0 Å². The summed E-state index contributed by atoms with van der Waals surface area (Å²) < 4.78 is 0. The SMILES string of the molecule is CCCC(C#N)(CCC)C(=O)NCc1ccccc1. The van der Waals surface area contributed by atoms with Crippen LogP contribution in [0.3, 0.4) is 0 Å². The van der Waals surface area contributed by atoms with E-state index in [1.807, 2.05) is 44.2 Å². The number of benzene rings is 1. The molecule has 3 heteroatoms. The van der Waals surface area contributed by atoms with Gasteiger partial charge in [0, 0.05) is 6.54 Å². The van der Waals surface area contributed by atoms with E-state index in [9.17, 15) is 10.1 Å². The van der Waals surface area contributed by atoms with E-state index in [1.165, 1.54) is 0 Å². The Morgan fingerprint density at radius 1 is 1.21 bits per heavy atom. The van der Waals surface area contributed by atoms with Crippen LogP contribution in [0.15, 0.2) is 30.3 Å². The summed E-state index contributed by atoms with van der Waals surface area (Å²) in [4.78, 5) is 12.3. The molecule has 102 valence electrons. The zero-order chi connectivity index (χ0) is 14.1. The van der Waals surface area contributed by atoms with E-state index in [0.717, 1.165) is 18.4 Å². The van der Waals surface area contributed by atoms with Crippen LogP contribution < -0.4 is 5.32 Å². The second-order valence-corrected chi connectivity index (χ2v) is 4.86. The first-order chi connectivity index (χ1) is 9.18. The number of nitrogens with one attached hydrogen (secondary N) is 1. The molecule has 1 N–H and O–H groups in total. The van der Waals surface area contributed by atoms with Crippen molar-refractivity contribution in [2.24, 2.45) is 5.41 Å². The Morgan fingerprint density at radius 3 is 2.26 bits per heavy atom. The standard InChI is InChI=1S/C16H22N2O/c1-3-10-16(13-17,11-4-2)15(19)18-12-14-8-6-5-7-9-14/h5-9H,3-4,10-12H2,1-2H3,(H,18,19). The molecule has 0 saturated heterocycles. The minimum atomic E-state index is -0.863. The Morgan fingerprint density at radius 2 is 1.79 bits per heavy atom. The van der Waals surface area contributed by atoms with E-state index in [1.54, 1.807) is 0 Å². The molecule has 0 aliphatic heterocycles. The number of amides is 1. The highest BCUT2D eigenvalue weighted by molar-refractivity contribution is 5.85. The molecule has 0 unspecified atom stereocenters. The summed E-state index contributed by atoms with van der Waals surface area (Å²) in [7, 11) is 0. The summed E-state index contributed by atoms with van der Waals surface area (Å²) in [5, 5.41) is 12.3. The molecular weight excluding hydrogens is 236 g/mol. The lowest BCUT2D eigenvalue weighted by atomic mass is 9.79. The maximum absolute atomic E-state index is 12.3. The van der Waals surface area contributed by atoms with Crippen LogP contribution in [0, 0.1) is 16.7 Å². The molecule has 1 aromatic rings. The quantitative estimate of drug-likeness (QED) is 0.814. The lowest BCUT2D eigenvalue weighted by molar-refractivity contribution is -0.129. The van der Waals surface area contributed by atoms with Gasteiger partial charge in [0.15, 0.2) is 0 Å². The maximum Gasteiger partial charge on any atom is 0.240 e. The van der Waals surface area contributed by atoms with Crippen molar-refractivity contribution in [2.45, 2.75) is 46.1 Å². The molecule has 1 amide bonds. The fourth-order valence-corrected chi connectivity index (χ4v) is 2.32. The highest BCUT2D eigenvalue weighted by Gasteiger charge is 2.36. The van der Waals surface area contributed by atoms with Crippen molar-refractivity contribution in [1.82, 2.24) is 5.32 Å². The summed E-state index contributed by atoms with van der Waals surface area (Å²) in [6.45, 7) is 4.50. The number of hydrogen-bond acceptors (Lipinski definition) is 2. The molecule has 0 aliphatic carbocycles. The molecule has 0 aromatic heterocycles. The average molecular weight is 258 g/mol. The Hall–Kier alpha value is -1.82. The first kappa shape index (κ1) is 15.2. The zero-order valence-corrected chi connectivity index (χ0v) is 11.8. The van der Waals surface area contributed by atoms with Crippen molar-refractivity contribution in [1.29, 1.82) is 5.26 Å². The van der Waals surface area contributed by atoms with Gasteiger partial charge in [-0.15, -0.1) is 0 Å². The van der Waals surface area contributed by atoms with Crippen LogP contribution in [0.1, 0.15) is 45.1 Å². The topological polar surface area (TPSA) is 52.9 Å². The van der Waals surface area contributed by atoms with Crippen LogP contribution in [0.4, 0.5) is 0 Å². The zero-order valence-electron chi connectivity index (χ0n) is 11.8. The van der Waals surface area contributed by atoms with Crippen LogP contribution in [0.5, 0.6) is 0 Å². The van der Waals surface area contributed by atoms with E-state index in [-0.39, 0.29) is 5.91 Å². The van der Waals surface area contributed by atoms with E-state index >= 15 is 0 Å². The smallest absolute Gasteiger partial charge is 0.240 e. The Kier molecular flexibility index (Phi) is 6.08. The third kappa shape index (κ3) is 4.10. The third-order valence-electron chi connectivity index (χ3n) is 3.30. The van der Waals surface area contributed by atoms with E-state index in [4.69, 9.17) is 0 Å². The van der Waals surface area contributed by atoms with Crippen LogP contribution in [0.25, 0.3) is 0 Å².